The van der Waals surface area contributed by atoms with Crippen molar-refractivity contribution in [2.75, 3.05) is 11.9 Å². The van der Waals surface area contributed by atoms with Gasteiger partial charge in [-0.2, -0.15) is 0 Å². The molecule has 156 valence electrons. The Balaban J connectivity index is 1.69. The summed E-state index contributed by atoms with van der Waals surface area (Å²) >= 11 is 5.96. The van der Waals surface area contributed by atoms with Gasteiger partial charge in [-0.3, -0.25) is 15.3 Å². The first-order chi connectivity index (χ1) is 13.9. The number of nitro groups is 1. The van der Waals surface area contributed by atoms with E-state index in [0.29, 0.717) is 17.7 Å². The van der Waals surface area contributed by atoms with Gasteiger partial charge in [-0.25, -0.2) is 4.79 Å². The average molecular weight is 424 g/mol. The van der Waals surface area contributed by atoms with E-state index in [1.807, 2.05) is 37.3 Å². The molecule has 2 rings (SSSR count). The zero-order chi connectivity index (χ0) is 21.2. The fraction of sp³-hybridized carbons (Fsp3) is 0.368. The van der Waals surface area contributed by atoms with Crippen molar-refractivity contribution >= 4 is 29.1 Å². The zero-order valence-corrected chi connectivity index (χ0v) is 16.8. The molecule has 0 saturated heterocycles. The normalized spacial score (nSPS) is 11.5. The minimum atomic E-state index is -0.564. The fourth-order valence-corrected chi connectivity index (χ4v) is 2.86. The number of rotatable bonds is 10. The number of carbonyl (C=O) groups is 1. The molecular weight excluding hydrogens is 400 g/mol. The third-order valence-electron chi connectivity index (χ3n) is 4.17. The molecule has 1 aromatic heterocycles. The summed E-state index contributed by atoms with van der Waals surface area (Å²) in [4.78, 5) is 22.2. The van der Waals surface area contributed by atoms with Crippen LogP contribution < -0.4 is 15.4 Å². The number of benzene rings is 1. The first-order valence-corrected chi connectivity index (χ1v) is 9.55. The van der Waals surface area contributed by atoms with Crippen LogP contribution in [0.5, 0.6) is 0 Å². The quantitative estimate of drug-likeness (QED) is 0.134. The maximum atomic E-state index is 11.7. The minimum Gasteiger partial charge on any atom is -0.445 e. The number of pyridine rings is 1. The number of amides is 1. The standard InChI is InChI=1S/C19H23ClN4O5/c1-14(22-17-16(24(27)28)10-12-23(26)18(17)20)7-5-6-11-21-19(25)29-13-15-8-3-2-4-9-15/h2-4,8-10,12,14,22H,5-7,11,13H2,1H3,(H-,21,25,26)/p+1/t14-/m0/s1. The highest BCUT2D eigenvalue weighted by Gasteiger charge is 2.27. The van der Waals surface area contributed by atoms with Gasteiger partial charge in [0.2, 0.25) is 11.9 Å². The predicted octanol–water partition coefficient (Wildman–Crippen LogP) is 3.67. The Hall–Kier alpha value is -3.07. The number of anilines is 1. The Morgan fingerprint density at radius 2 is 2.03 bits per heavy atom. The number of ether oxygens (including phenoxy) is 1. The lowest BCUT2D eigenvalue weighted by Gasteiger charge is -2.14. The molecule has 1 amide bonds. The number of hydrogen-bond donors (Lipinski definition) is 3. The minimum absolute atomic E-state index is 0.0665. The summed E-state index contributed by atoms with van der Waals surface area (Å²) in [5.74, 6) is 0. The molecule has 0 bridgehead atoms. The van der Waals surface area contributed by atoms with Crippen LogP contribution in [0.3, 0.4) is 0 Å². The van der Waals surface area contributed by atoms with E-state index in [9.17, 15) is 20.1 Å². The Bertz CT molecular complexity index is 835. The smallest absolute Gasteiger partial charge is 0.407 e. The van der Waals surface area contributed by atoms with Gasteiger partial charge in [0, 0.05) is 17.3 Å². The Kier molecular flexibility index (Phi) is 8.47. The van der Waals surface area contributed by atoms with E-state index in [4.69, 9.17) is 16.3 Å². The van der Waals surface area contributed by atoms with Crippen molar-refractivity contribution in [2.24, 2.45) is 0 Å². The van der Waals surface area contributed by atoms with Crippen molar-refractivity contribution in [3.63, 3.8) is 0 Å². The predicted molar refractivity (Wildman–Crippen MR) is 107 cm³/mol. The van der Waals surface area contributed by atoms with Crippen molar-refractivity contribution in [1.82, 2.24) is 5.32 Å². The van der Waals surface area contributed by atoms with Crippen molar-refractivity contribution in [1.29, 1.82) is 0 Å². The van der Waals surface area contributed by atoms with Gasteiger partial charge in [-0.05, 0) is 43.4 Å². The molecule has 0 aliphatic heterocycles. The monoisotopic (exact) mass is 423 g/mol. The van der Waals surface area contributed by atoms with Crippen molar-refractivity contribution in [2.45, 2.75) is 38.8 Å². The summed E-state index contributed by atoms with van der Waals surface area (Å²) in [6.45, 7) is 2.54. The number of unbranched alkanes of at least 4 members (excludes halogenated alkanes) is 1. The molecule has 10 heteroatoms. The van der Waals surface area contributed by atoms with Gasteiger partial charge in [-0.15, -0.1) is 0 Å². The summed E-state index contributed by atoms with van der Waals surface area (Å²) in [7, 11) is 0. The summed E-state index contributed by atoms with van der Waals surface area (Å²) < 4.78 is 5.75. The van der Waals surface area contributed by atoms with E-state index >= 15 is 0 Å². The Labute approximate surface area is 173 Å². The maximum Gasteiger partial charge on any atom is 0.407 e. The molecule has 0 unspecified atom stereocenters. The molecule has 1 atom stereocenters. The molecule has 9 nitrogen and oxygen atoms in total. The highest BCUT2D eigenvalue weighted by molar-refractivity contribution is 6.31. The molecule has 0 saturated carbocycles. The Morgan fingerprint density at radius 3 is 2.72 bits per heavy atom. The van der Waals surface area contributed by atoms with Crippen LogP contribution in [0.25, 0.3) is 0 Å². The van der Waals surface area contributed by atoms with E-state index < -0.39 is 11.0 Å². The summed E-state index contributed by atoms with van der Waals surface area (Å²) in [5, 5.41) is 26.2. The molecule has 3 N–H and O–H groups in total. The van der Waals surface area contributed by atoms with Crippen molar-refractivity contribution in [3.05, 3.63) is 63.4 Å². The average Bonchev–Trinajstić information content (AvgIpc) is 2.70. The number of nitrogens with zero attached hydrogens (tertiary/aromatic N) is 2. The summed E-state index contributed by atoms with van der Waals surface area (Å²) in [6.07, 6.45) is 2.81. The van der Waals surface area contributed by atoms with Gasteiger partial charge in [0.05, 0.1) is 11.0 Å². The second kappa shape index (κ2) is 11.1. The first kappa shape index (κ1) is 22.2. The van der Waals surface area contributed by atoms with Crippen LogP contribution in [0.15, 0.2) is 42.6 Å². The van der Waals surface area contributed by atoms with E-state index in [0.717, 1.165) is 24.6 Å². The summed E-state index contributed by atoms with van der Waals surface area (Å²) in [5.41, 5.74) is 0.771. The van der Waals surface area contributed by atoms with Crippen LogP contribution in [-0.2, 0) is 11.3 Å². The van der Waals surface area contributed by atoms with E-state index in [-0.39, 0.29) is 29.2 Å². The van der Waals surface area contributed by atoms with Crippen molar-refractivity contribution < 1.29 is 24.4 Å². The number of aromatic nitrogens is 1. The van der Waals surface area contributed by atoms with Crippen LogP contribution in [0, 0.1) is 10.1 Å². The van der Waals surface area contributed by atoms with Gasteiger partial charge in [0.25, 0.3) is 0 Å². The Morgan fingerprint density at radius 1 is 1.31 bits per heavy atom. The topological polar surface area (TPSA) is 118 Å². The van der Waals surface area contributed by atoms with Gasteiger partial charge in [0.15, 0.2) is 0 Å². The van der Waals surface area contributed by atoms with Crippen LogP contribution >= 0.6 is 11.6 Å². The molecule has 2 aromatic rings. The second-order valence-electron chi connectivity index (χ2n) is 6.50. The van der Waals surface area contributed by atoms with Crippen LogP contribution in [-0.4, -0.2) is 28.8 Å². The third kappa shape index (κ3) is 7.11. The fourth-order valence-electron chi connectivity index (χ4n) is 2.65. The molecule has 0 spiro atoms. The highest BCUT2D eigenvalue weighted by Crippen LogP contribution is 2.29. The molecule has 29 heavy (non-hydrogen) atoms. The lowest BCUT2D eigenvalue weighted by atomic mass is 10.1. The molecule has 0 aliphatic rings. The molecule has 0 fully saturated rings. The molecular formula is C19H24ClN4O5+. The largest absolute Gasteiger partial charge is 0.445 e. The van der Waals surface area contributed by atoms with Gasteiger partial charge < -0.3 is 15.4 Å². The van der Waals surface area contributed by atoms with Crippen molar-refractivity contribution in [3.8, 4) is 0 Å². The summed E-state index contributed by atoms with van der Waals surface area (Å²) in [6, 6.07) is 10.5. The second-order valence-corrected chi connectivity index (χ2v) is 6.86. The third-order valence-corrected chi connectivity index (χ3v) is 4.53. The van der Waals surface area contributed by atoms with Crippen LogP contribution in [0.2, 0.25) is 5.15 Å². The van der Waals surface area contributed by atoms with E-state index in [1.54, 1.807) is 0 Å². The maximum absolute atomic E-state index is 11.7. The highest BCUT2D eigenvalue weighted by atomic mass is 35.5. The lowest BCUT2D eigenvalue weighted by molar-refractivity contribution is -0.902. The van der Waals surface area contributed by atoms with Gasteiger partial charge in [-0.1, -0.05) is 30.3 Å². The zero-order valence-electron chi connectivity index (χ0n) is 16.0. The first-order valence-electron chi connectivity index (χ1n) is 9.17. The molecule has 1 aromatic carbocycles. The number of nitrogens with one attached hydrogen (secondary N) is 2. The molecule has 0 aliphatic carbocycles. The van der Waals surface area contributed by atoms with E-state index in [1.165, 1.54) is 6.07 Å². The SMILES string of the molecule is C[C@@H](CCCCNC(=O)OCc1ccccc1)Nc1c([N+](=O)[O-])cc[n+](O)c1Cl. The number of carbonyl (C=O) groups excluding carboxylic acids is 1. The van der Waals surface area contributed by atoms with Crippen LogP contribution in [0.4, 0.5) is 16.2 Å². The van der Waals surface area contributed by atoms with Gasteiger partial charge >= 0.3 is 16.9 Å². The lowest BCUT2D eigenvalue weighted by Crippen LogP contribution is -2.32. The number of halogens is 1. The number of alkyl carbamates (subject to hydrolysis) is 1. The van der Waals surface area contributed by atoms with E-state index in [2.05, 4.69) is 10.6 Å². The van der Waals surface area contributed by atoms with Crippen LogP contribution in [0.1, 0.15) is 31.7 Å². The van der Waals surface area contributed by atoms with Gasteiger partial charge in [0.1, 0.15) is 6.61 Å². The number of hydrogen-bond acceptors (Lipinski definition) is 6. The molecule has 1 heterocycles. The molecule has 0 radical (unpaired) electrons.